The number of halogens is 1. The van der Waals surface area contributed by atoms with E-state index in [2.05, 4.69) is 0 Å². The van der Waals surface area contributed by atoms with Gasteiger partial charge in [0.25, 0.3) is 5.91 Å². The molecule has 1 amide bonds. The zero-order chi connectivity index (χ0) is 12.4. The van der Waals surface area contributed by atoms with Gasteiger partial charge in [-0.2, -0.15) is 0 Å². The molecular formula is C12H13FN2O2. The number of hydrogen-bond donors (Lipinski definition) is 0. The first kappa shape index (κ1) is 11.7. The van der Waals surface area contributed by atoms with Gasteiger partial charge in [0.1, 0.15) is 5.82 Å². The SMILES string of the molecule is CN1CN(Cc2ccc(F)cc2)CC(=O)C1=O. The topological polar surface area (TPSA) is 40.6 Å². The van der Waals surface area contributed by atoms with Crippen LogP contribution in [-0.4, -0.2) is 41.8 Å². The van der Waals surface area contributed by atoms with Gasteiger partial charge in [0, 0.05) is 13.6 Å². The molecule has 1 aromatic carbocycles. The fourth-order valence-electron chi connectivity index (χ4n) is 1.85. The predicted molar refractivity (Wildman–Crippen MR) is 59.5 cm³/mol. The highest BCUT2D eigenvalue weighted by atomic mass is 19.1. The minimum absolute atomic E-state index is 0.126. The summed E-state index contributed by atoms with van der Waals surface area (Å²) in [6.45, 7) is 1.08. The third-order valence-electron chi connectivity index (χ3n) is 2.68. The highest BCUT2D eigenvalue weighted by Gasteiger charge is 2.28. The van der Waals surface area contributed by atoms with Crippen LogP contribution in [0.1, 0.15) is 5.56 Å². The second kappa shape index (κ2) is 4.63. The lowest BCUT2D eigenvalue weighted by Gasteiger charge is -2.31. The van der Waals surface area contributed by atoms with Crippen molar-refractivity contribution in [1.82, 2.24) is 9.80 Å². The van der Waals surface area contributed by atoms with E-state index in [4.69, 9.17) is 0 Å². The summed E-state index contributed by atoms with van der Waals surface area (Å²) in [6, 6.07) is 6.12. The van der Waals surface area contributed by atoms with Gasteiger partial charge in [0.2, 0.25) is 5.78 Å². The van der Waals surface area contributed by atoms with Gasteiger partial charge in [0.05, 0.1) is 13.2 Å². The smallest absolute Gasteiger partial charge is 0.292 e. The molecule has 0 aromatic heterocycles. The molecule has 1 aliphatic heterocycles. The van der Waals surface area contributed by atoms with Gasteiger partial charge < -0.3 is 4.90 Å². The van der Waals surface area contributed by atoms with E-state index in [1.807, 2.05) is 4.90 Å². The molecule has 5 heteroatoms. The summed E-state index contributed by atoms with van der Waals surface area (Å²) in [4.78, 5) is 25.9. The highest BCUT2D eigenvalue weighted by Crippen LogP contribution is 2.10. The standard InChI is InChI=1S/C12H13FN2O2/c1-14-8-15(7-11(16)12(14)17)6-9-2-4-10(13)5-3-9/h2-5H,6-8H2,1H3. The maximum absolute atomic E-state index is 12.7. The molecule has 0 unspecified atom stereocenters. The first-order valence-corrected chi connectivity index (χ1v) is 5.31. The monoisotopic (exact) mass is 236 g/mol. The minimum Gasteiger partial charge on any atom is -0.326 e. The molecular weight excluding hydrogens is 223 g/mol. The first-order chi connectivity index (χ1) is 8.06. The lowest BCUT2D eigenvalue weighted by atomic mass is 10.2. The molecule has 0 aliphatic carbocycles. The summed E-state index contributed by atoms with van der Waals surface area (Å²) in [7, 11) is 1.59. The Balaban J connectivity index is 2.02. The van der Waals surface area contributed by atoms with Crippen molar-refractivity contribution >= 4 is 11.7 Å². The van der Waals surface area contributed by atoms with Gasteiger partial charge in [0.15, 0.2) is 0 Å². The highest BCUT2D eigenvalue weighted by molar-refractivity contribution is 6.37. The Bertz CT molecular complexity index is 444. The van der Waals surface area contributed by atoms with E-state index in [0.717, 1.165) is 5.56 Å². The van der Waals surface area contributed by atoms with Gasteiger partial charge in [-0.3, -0.25) is 14.5 Å². The molecule has 1 heterocycles. The van der Waals surface area contributed by atoms with E-state index >= 15 is 0 Å². The maximum Gasteiger partial charge on any atom is 0.292 e. The Morgan fingerprint density at radius 3 is 2.47 bits per heavy atom. The van der Waals surface area contributed by atoms with Crippen LogP contribution in [0.4, 0.5) is 4.39 Å². The molecule has 1 fully saturated rings. The van der Waals surface area contributed by atoms with Crippen molar-refractivity contribution in [3.63, 3.8) is 0 Å². The fraction of sp³-hybridized carbons (Fsp3) is 0.333. The Morgan fingerprint density at radius 2 is 1.88 bits per heavy atom. The second-order valence-corrected chi connectivity index (χ2v) is 4.18. The molecule has 17 heavy (non-hydrogen) atoms. The average molecular weight is 236 g/mol. The summed E-state index contributed by atoms with van der Waals surface area (Å²) in [6.07, 6.45) is 0. The Hall–Kier alpha value is -1.75. The molecule has 2 rings (SSSR count). The zero-order valence-corrected chi connectivity index (χ0v) is 9.52. The molecule has 1 saturated heterocycles. The lowest BCUT2D eigenvalue weighted by molar-refractivity contribution is -0.150. The minimum atomic E-state index is -0.444. The van der Waals surface area contributed by atoms with Gasteiger partial charge in [-0.05, 0) is 17.7 Å². The van der Waals surface area contributed by atoms with Crippen LogP contribution in [0.2, 0.25) is 0 Å². The number of carbonyl (C=O) groups is 2. The number of ketones is 1. The van der Waals surface area contributed by atoms with Crippen LogP contribution in [0, 0.1) is 5.82 Å². The predicted octanol–water partition coefficient (Wildman–Crippen LogP) is 0.626. The molecule has 0 saturated carbocycles. The van der Waals surface area contributed by atoms with Crippen molar-refractivity contribution in [3.05, 3.63) is 35.6 Å². The van der Waals surface area contributed by atoms with Crippen molar-refractivity contribution in [3.8, 4) is 0 Å². The van der Waals surface area contributed by atoms with Gasteiger partial charge in [-0.15, -0.1) is 0 Å². The van der Waals surface area contributed by atoms with Crippen LogP contribution in [0.5, 0.6) is 0 Å². The number of likely N-dealkylation sites (N-methyl/N-ethyl adjacent to an activating group) is 1. The Morgan fingerprint density at radius 1 is 1.24 bits per heavy atom. The van der Waals surface area contributed by atoms with Crippen LogP contribution in [0.15, 0.2) is 24.3 Å². The number of Topliss-reactive ketones (excluding diaryl/α,β-unsaturated/α-hetero) is 1. The van der Waals surface area contributed by atoms with E-state index in [0.29, 0.717) is 13.2 Å². The van der Waals surface area contributed by atoms with Crippen LogP contribution < -0.4 is 0 Å². The molecule has 0 bridgehead atoms. The zero-order valence-electron chi connectivity index (χ0n) is 9.52. The third kappa shape index (κ3) is 2.68. The largest absolute Gasteiger partial charge is 0.326 e. The fourth-order valence-corrected chi connectivity index (χ4v) is 1.85. The third-order valence-corrected chi connectivity index (χ3v) is 2.68. The Labute approximate surface area is 98.6 Å². The summed E-state index contributed by atoms with van der Waals surface area (Å²) >= 11 is 0. The van der Waals surface area contributed by atoms with Crippen molar-refractivity contribution < 1.29 is 14.0 Å². The van der Waals surface area contributed by atoms with E-state index in [9.17, 15) is 14.0 Å². The molecule has 90 valence electrons. The molecule has 0 radical (unpaired) electrons. The second-order valence-electron chi connectivity index (χ2n) is 4.18. The normalized spacial score (nSPS) is 17.6. The van der Waals surface area contributed by atoms with Crippen LogP contribution in [-0.2, 0) is 16.1 Å². The van der Waals surface area contributed by atoms with Crippen molar-refractivity contribution in [2.45, 2.75) is 6.54 Å². The van der Waals surface area contributed by atoms with Crippen molar-refractivity contribution in [2.75, 3.05) is 20.3 Å². The van der Waals surface area contributed by atoms with Crippen LogP contribution in [0.25, 0.3) is 0 Å². The summed E-state index contributed by atoms with van der Waals surface area (Å²) < 4.78 is 12.7. The van der Waals surface area contributed by atoms with Crippen molar-refractivity contribution in [1.29, 1.82) is 0 Å². The van der Waals surface area contributed by atoms with E-state index in [1.165, 1.54) is 17.0 Å². The summed E-state index contributed by atoms with van der Waals surface area (Å²) in [5.41, 5.74) is 0.918. The number of rotatable bonds is 2. The molecule has 0 atom stereocenters. The number of hydrogen-bond acceptors (Lipinski definition) is 3. The van der Waals surface area contributed by atoms with E-state index in [-0.39, 0.29) is 12.4 Å². The quantitative estimate of drug-likeness (QED) is 0.707. The van der Waals surface area contributed by atoms with E-state index < -0.39 is 11.7 Å². The van der Waals surface area contributed by atoms with E-state index in [1.54, 1.807) is 19.2 Å². The van der Waals surface area contributed by atoms with Crippen LogP contribution in [0.3, 0.4) is 0 Å². The lowest BCUT2D eigenvalue weighted by Crippen LogP contribution is -2.51. The maximum atomic E-state index is 12.7. The summed E-state index contributed by atoms with van der Waals surface area (Å²) in [5.74, 6) is -1.13. The number of benzene rings is 1. The number of carbonyl (C=O) groups excluding carboxylic acids is 2. The van der Waals surface area contributed by atoms with Crippen molar-refractivity contribution in [2.24, 2.45) is 0 Å². The van der Waals surface area contributed by atoms with Gasteiger partial charge >= 0.3 is 0 Å². The number of amides is 1. The molecule has 0 N–H and O–H groups in total. The first-order valence-electron chi connectivity index (χ1n) is 5.31. The molecule has 0 spiro atoms. The average Bonchev–Trinajstić information content (AvgIpc) is 2.29. The summed E-state index contributed by atoms with van der Waals surface area (Å²) in [5, 5.41) is 0. The molecule has 1 aromatic rings. The molecule has 4 nitrogen and oxygen atoms in total. The molecule has 1 aliphatic rings. The Kier molecular flexibility index (Phi) is 3.19. The van der Waals surface area contributed by atoms with Gasteiger partial charge in [-0.1, -0.05) is 12.1 Å². The van der Waals surface area contributed by atoms with Gasteiger partial charge in [-0.25, -0.2) is 4.39 Å². The van der Waals surface area contributed by atoms with Crippen LogP contribution >= 0.6 is 0 Å². The number of nitrogens with zero attached hydrogens (tertiary/aromatic N) is 2.